The Labute approximate surface area is 107 Å². The minimum absolute atomic E-state index is 0.500. The van der Waals surface area contributed by atoms with Gasteiger partial charge in [0.1, 0.15) is 5.82 Å². The molecule has 0 atom stereocenters. The Bertz CT molecular complexity index is 496. The summed E-state index contributed by atoms with van der Waals surface area (Å²) in [5.74, 6) is 0.773. The molecule has 0 aliphatic heterocycles. The number of aromatic nitrogens is 2. The molecule has 0 saturated heterocycles. The Morgan fingerprint density at radius 3 is 2.94 bits per heavy atom. The van der Waals surface area contributed by atoms with Crippen LogP contribution in [0, 0.1) is 0 Å². The summed E-state index contributed by atoms with van der Waals surface area (Å²) >= 11 is 9.42. The molecule has 0 unspecified atom stereocenters. The third-order valence-electron chi connectivity index (χ3n) is 2.22. The van der Waals surface area contributed by atoms with Crippen molar-refractivity contribution in [2.45, 2.75) is 6.42 Å². The van der Waals surface area contributed by atoms with Crippen LogP contribution in [-0.4, -0.2) is 16.5 Å². The largest absolute Gasteiger partial charge is 0.341 e. The molecule has 1 heterocycles. The van der Waals surface area contributed by atoms with Crippen molar-refractivity contribution >= 4 is 27.5 Å². The molecule has 0 spiro atoms. The van der Waals surface area contributed by atoms with Gasteiger partial charge in [0.25, 0.3) is 0 Å². The van der Waals surface area contributed by atoms with E-state index in [1.54, 1.807) is 0 Å². The van der Waals surface area contributed by atoms with Gasteiger partial charge in [0.2, 0.25) is 0 Å². The molecule has 3 nitrogen and oxygen atoms in total. The number of imidazole rings is 1. The highest BCUT2D eigenvalue weighted by Gasteiger charge is 2.09. The van der Waals surface area contributed by atoms with Crippen LogP contribution in [-0.2, 0) is 6.42 Å². The van der Waals surface area contributed by atoms with E-state index < -0.39 is 0 Å². The first-order valence-electron chi connectivity index (χ1n) is 4.91. The van der Waals surface area contributed by atoms with Gasteiger partial charge in [-0.2, -0.15) is 0 Å². The van der Waals surface area contributed by atoms with E-state index in [-0.39, 0.29) is 0 Å². The highest BCUT2D eigenvalue weighted by atomic mass is 79.9. The highest BCUT2D eigenvalue weighted by molar-refractivity contribution is 9.10. The molecule has 1 aromatic heterocycles. The molecule has 84 valence electrons. The SMILES string of the molecule is NCCc1[nH]c(-c2cccc(Br)c2)nc1Cl. The van der Waals surface area contributed by atoms with Crippen LogP contribution in [0.4, 0.5) is 0 Å². The van der Waals surface area contributed by atoms with E-state index in [1.165, 1.54) is 0 Å². The standard InChI is InChI=1S/C11H11BrClN3/c12-8-3-1-2-7(6-8)11-15-9(4-5-14)10(13)16-11/h1-3,6H,4-5,14H2,(H,15,16). The van der Waals surface area contributed by atoms with Gasteiger partial charge in [-0.05, 0) is 18.7 Å². The van der Waals surface area contributed by atoms with E-state index in [1.807, 2.05) is 24.3 Å². The molecule has 0 bridgehead atoms. The highest BCUT2D eigenvalue weighted by Crippen LogP contribution is 2.23. The summed E-state index contributed by atoms with van der Waals surface area (Å²) in [5.41, 5.74) is 7.38. The molecule has 5 heteroatoms. The van der Waals surface area contributed by atoms with E-state index in [4.69, 9.17) is 17.3 Å². The summed E-state index contributed by atoms with van der Waals surface area (Å²) in [7, 11) is 0. The Hall–Kier alpha value is -0.840. The number of hydrogen-bond acceptors (Lipinski definition) is 2. The van der Waals surface area contributed by atoms with Gasteiger partial charge in [0.05, 0.1) is 5.69 Å². The van der Waals surface area contributed by atoms with E-state index in [0.717, 1.165) is 21.6 Å². The molecular formula is C11H11BrClN3. The minimum Gasteiger partial charge on any atom is -0.341 e. The summed E-state index contributed by atoms with van der Waals surface area (Å²) < 4.78 is 1.01. The smallest absolute Gasteiger partial charge is 0.150 e. The van der Waals surface area contributed by atoms with Crippen molar-refractivity contribution in [3.8, 4) is 11.4 Å². The zero-order valence-corrected chi connectivity index (χ0v) is 10.8. The lowest BCUT2D eigenvalue weighted by atomic mass is 10.2. The van der Waals surface area contributed by atoms with Gasteiger partial charge < -0.3 is 10.7 Å². The lowest BCUT2D eigenvalue weighted by Gasteiger charge is -1.97. The van der Waals surface area contributed by atoms with Crippen LogP contribution in [0.15, 0.2) is 28.7 Å². The van der Waals surface area contributed by atoms with Gasteiger partial charge in [0, 0.05) is 16.5 Å². The fraction of sp³-hybridized carbons (Fsp3) is 0.182. The lowest BCUT2D eigenvalue weighted by molar-refractivity contribution is 0.936. The van der Waals surface area contributed by atoms with E-state index in [0.29, 0.717) is 18.1 Å². The maximum atomic E-state index is 6.00. The van der Waals surface area contributed by atoms with Crippen LogP contribution in [0.5, 0.6) is 0 Å². The Kier molecular flexibility index (Phi) is 3.63. The summed E-state index contributed by atoms with van der Waals surface area (Å²) in [6.45, 7) is 0.555. The second-order valence-corrected chi connectivity index (χ2v) is 4.68. The van der Waals surface area contributed by atoms with Gasteiger partial charge in [-0.25, -0.2) is 4.98 Å². The zero-order chi connectivity index (χ0) is 11.5. The average molecular weight is 301 g/mol. The number of rotatable bonds is 3. The first-order chi connectivity index (χ1) is 7.70. The number of nitrogens with one attached hydrogen (secondary N) is 1. The van der Waals surface area contributed by atoms with E-state index in [9.17, 15) is 0 Å². The van der Waals surface area contributed by atoms with Crippen LogP contribution in [0.1, 0.15) is 5.69 Å². The van der Waals surface area contributed by atoms with Crippen molar-refractivity contribution in [3.63, 3.8) is 0 Å². The lowest BCUT2D eigenvalue weighted by Crippen LogP contribution is -2.03. The Balaban J connectivity index is 2.37. The van der Waals surface area contributed by atoms with E-state index >= 15 is 0 Å². The molecule has 1 aromatic carbocycles. The first-order valence-corrected chi connectivity index (χ1v) is 6.08. The summed E-state index contributed by atoms with van der Waals surface area (Å²) in [4.78, 5) is 7.46. The number of nitrogens with zero attached hydrogens (tertiary/aromatic N) is 1. The molecular weight excluding hydrogens is 289 g/mol. The van der Waals surface area contributed by atoms with Crippen molar-refractivity contribution in [2.24, 2.45) is 5.73 Å². The average Bonchev–Trinajstić information content (AvgIpc) is 2.61. The predicted octanol–water partition coefficient (Wildman–Crippen LogP) is 2.99. The Morgan fingerprint density at radius 1 is 1.44 bits per heavy atom. The zero-order valence-electron chi connectivity index (χ0n) is 8.50. The van der Waals surface area contributed by atoms with Crippen molar-refractivity contribution in [3.05, 3.63) is 39.6 Å². The monoisotopic (exact) mass is 299 g/mol. The van der Waals surface area contributed by atoms with Crippen molar-refractivity contribution in [1.29, 1.82) is 0 Å². The van der Waals surface area contributed by atoms with E-state index in [2.05, 4.69) is 25.9 Å². The van der Waals surface area contributed by atoms with Crippen LogP contribution in [0.3, 0.4) is 0 Å². The Morgan fingerprint density at radius 2 is 2.25 bits per heavy atom. The molecule has 2 rings (SSSR count). The van der Waals surface area contributed by atoms with Gasteiger partial charge in [0.15, 0.2) is 5.15 Å². The minimum atomic E-state index is 0.500. The number of halogens is 2. The third kappa shape index (κ3) is 2.45. The van der Waals surface area contributed by atoms with Gasteiger partial charge >= 0.3 is 0 Å². The fourth-order valence-electron chi connectivity index (χ4n) is 1.47. The normalized spacial score (nSPS) is 10.7. The summed E-state index contributed by atoms with van der Waals surface area (Å²) in [6.07, 6.45) is 0.708. The molecule has 0 amide bonds. The third-order valence-corrected chi connectivity index (χ3v) is 3.03. The number of aromatic amines is 1. The molecule has 0 radical (unpaired) electrons. The molecule has 0 fully saturated rings. The fourth-order valence-corrected chi connectivity index (χ4v) is 2.10. The molecule has 0 saturated carbocycles. The van der Waals surface area contributed by atoms with Crippen molar-refractivity contribution in [1.82, 2.24) is 9.97 Å². The first kappa shape index (κ1) is 11.6. The second kappa shape index (κ2) is 4.99. The van der Waals surface area contributed by atoms with Crippen LogP contribution >= 0.6 is 27.5 Å². The van der Waals surface area contributed by atoms with Crippen molar-refractivity contribution < 1.29 is 0 Å². The quantitative estimate of drug-likeness (QED) is 0.915. The number of nitrogens with two attached hydrogens (primary N) is 1. The summed E-state index contributed by atoms with van der Waals surface area (Å²) in [5, 5.41) is 0.500. The second-order valence-electron chi connectivity index (χ2n) is 3.40. The molecule has 0 aliphatic rings. The predicted molar refractivity (Wildman–Crippen MR) is 69.5 cm³/mol. The van der Waals surface area contributed by atoms with Crippen LogP contribution in [0.2, 0.25) is 5.15 Å². The van der Waals surface area contributed by atoms with Crippen LogP contribution in [0.25, 0.3) is 11.4 Å². The topological polar surface area (TPSA) is 54.7 Å². The maximum absolute atomic E-state index is 6.00. The number of hydrogen-bond donors (Lipinski definition) is 2. The molecule has 2 aromatic rings. The van der Waals surface area contributed by atoms with Gasteiger partial charge in [-0.1, -0.05) is 39.7 Å². The van der Waals surface area contributed by atoms with Gasteiger partial charge in [-0.15, -0.1) is 0 Å². The van der Waals surface area contributed by atoms with Crippen molar-refractivity contribution in [2.75, 3.05) is 6.54 Å². The van der Waals surface area contributed by atoms with Crippen LogP contribution < -0.4 is 5.73 Å². The number of H-pyrrole nitrogens is 1. The number of benzene rings is 1. The molecule has 3 N–H and O–H groups in total. The summed E-state index contributed by atoms with van der Waals surface area (Å²) in [6, 6.07) is 7.89. The van der Waals surface area contributed by atoms with Gasteiger partial charge in [-0.3, -0.25) is 0 Å². The molecule has 16 heavy (non-hydrogen) atoms. The molecule has 0 aliphatic carbocycles. The maximum Gasteiger partial charge on any atom is 0.150 e.